The van der Waals surface area contributed by atoms with E-state index in [0.717, 1.165) is 31.1 Å². The van der Waals surface area contributed by atoms with Crippen molar-refractivity contribution >= 4 is 0 Å². The van der Waals surface area contributed by atoms with E-state index in [0.29, 0.717) is 5.92 Å². The van der Waals surface area contributed by atoms with E-state index < -0.39 is 0 Å². The maximum atomic E-state index is 4.91. The molecule has 0 saturated heterocycles. The zero-order chi connectivity index (χ0) is 15.0. The second-order valence-electron chi connectivity index (χ2n) is 7.96. The molecule has 2 aliphatic carbocycles. The Labute approximate surface area is 129 Å². The van der Waals surface area contributed by atoms with Crippen molar-refractivity contribution in [3.05, 3.63) is 22.8 Å². The number of fused-ring (bicyclic) bond motifs is 1. The lowest BCUT2D eigenvalue weighted by Crippen LogP contribution is -2.40. The third-order valence-corrected chi connectivity index (χ3v) is 4.99. The Kier molecular flexibility index (Phi) is 4.04. The van der Waals surface area contributed by atoms with Gasteiger partial charge in [-0.15, -0.1) is 0 Å². The van der Waals surface area contributed by atoms with Crippen molar-refractivity contribution in [2.45, 2.75) is 77.7 Å². The normalized spacial score (nSPS) is 22.8. The molecule has 1 N–H and O–H groups in total. The number of nitrogens with one attached hydrogen (secondary N) is 1. The van der Waals surface area contributed by atoms with Crippen LogP contribution in [-0.4, -0.2) is 22.1 Å². The molecule has 116 valence electrons. The summed E-state index contributed by atoms with van der Waals surface area (Å²) in [6.07, 6.45) is 7.47. The second-order valence-corrected chi connectivity index (χ2v) is 7.96. The molecule has 1 saturated carbocycles. The molecule has 0 amide bonds. The molecule has 0 aliphatic heterocycles. The Hall–Kier alpha value is -0.960. The van der Waals surface area contributed by atoms with E-state index in [4.69, 9.17) is 9.97 Å². The van der Waals surface area contributed by atoms with Gasteiger partial charge in [0.2, 0.25) is 0 Å². The first kappa shape index (κ1) is 15.0. The highest BCUT2D eigenvalue weighted by molar-refractivity contribution is 5.29. The van der Waals surface area contributed by atoms with E-state index >= 15 is 0 Å². The number of rotatable bonds is 3. The summed E-state index contributed by atoms with van der Waals surface area (Å²) in [5.74, 6) is 2.51. The molecular weight excluding hydrogens is 258 g/mol. The standard InChI is InChI=1S/C18H29N3/c1-12-15-10-13(11-19-18(2,3)4)8-9-16(15)21-17(20-12)14-6-5-7-14/h13-14,19H,5-11H2,1-4H3. The highest BCUT2D eigenvalue weighted by atomic mass is 15.0. The van der Waals surface area contributed by atoms with Crippen LogP contribution >= 0.6 is 0 Å². The van der Waals surface area contributed by atoms with Crippen LogP contribution in [0.5, 0.6) is 0 Å². The van der Waals surface area contributed by atoms with Crippen molar-refractivity contribution in [3.63, 3.8) is 0 Å². The third-order valence-electron chi connectivity index (χ3n) is 4.99. The van der Waals surface area contributed by atoms with Gasteiger partial charge in [-0.2, -0.15) is 0 Å². The summed E-state index contributed by atoms with van der Waals surface area (Å²) < 4.78 is 0. The van der Waals surface area contributed by atoms with Gasteiger partial charge in [-0.3, -0.25) is 0 Å². The maximum Gasteiger partial charge on any atom is 0.131 e. The van der Waals surface area contributed by atoms with E-state index in [2.05, 4.69) is 33.0 Å². The van der Waals surface area contributed by atoms with Crippen molar-refractivity contribution in [1.82, 2.24) is 15.3 Å². The minimum atomic E-state index is 0.208. The van der Waals surface area contributed by atoms with E-state index in [1.807, 2.05) is 0 Å². The Morgan fingerprint density at radius 1 is 1.14 bits per heavy atom. The molecule has 0 spiro atoms. The minimum Gasteiger partial charge on any atom is -0.312 e. The lowest BCUT2D eigenvalue weighted by molar-refractivity contribution is 0.344. The Morgan fingerprint density at radius 3 is 2.52 bits per heavy atom. The van der Waals surface area contributed by atoms with Crippen LogP contribution in [0.1, 0.15) is 75.1 Å². The van der Waals surface area contributed by atoms with Crippen molar-refractivity contribution < 1.29 is 0 Å². The van der Waals surface area contributed by atoms with Crippen LogP contribution in [0.3, 0.4) is 0 Å². The van der Waals surface area contributed by atoms with Crippen molar-refractivity contribution in [3.8, 4) is 0 Å². The van der Waals surface area contributed by atoms with Gasteiger partial charge in [-0.05, 0) is 77.8 Å². The molecule has 21 heavy (non-hydrogen) atoms. The molecular formula is C18H29N3. The van der Waals surface area contributed by atoms with Gasteiger partial charge in [0.15, 0.2) is 0 Å². The average molecular weight is 287 g/mol. The summed E-state index contributed by atoms with van der Waals surface area (Å²) in [7, 11) is 0. The predicted molar refractivity (Wildman–Crippen MR) is 86.6 cm³/mol. The third kappa shape index (κ3) is 3.45. The minimum absolute atomic E-state index is 0.208. The van der Waals surface area contributed by atoms with E-state index in [9.17, 15) is 0 Å². The first-order chi connectivity index (χ1) is 9.92. The molecule has 1 fully saturated rings. The molecule has 3 nitrogen and oxygen atoms in total. The lowest BCUT2D eigenvalue weighted by atomic mass is 9.82. The summed E-state index contributed by atoms with van der Waals surface area (Å²) in [6.45, 7) is 10.0. The Balaban J connectivity index is 1.71. The fourth-order valence-electron chi connectivity index (χ4n) is 3.36. The van der Waals surface area contributed by atoms with Gasteiger partial charge >= 0.3 is 0 Å². The zero-order valence-electron chi connectivity index (χ0n) is 14.0. The van der Waals surface area contributed by atoms with Gasteiger partial charge in [0, 0.05) is 22.8 Å². The molecule has 3 rings (SSSR count). The monoisotopic (exact) mass is 287 g/mol. The van der Waals surface area contributed by atoms with Crippen molar-refractivity contribution in [2.24, 2.45) is 5.92 Å². The van der Waals surface area contributed by atoms with E-state index in [1.54, 1.807) is 0 Å². The highest BCUT2D eigenvalue weighted by Crippen LogP contribution is 2.36. The molecule has 1 unspecified atom stereocenters. The van der Waals surface area contributed by atoms with Crippen LogP contribution in [0.15, 0.2) is 0 Å². The van der Waals surface area contributed by atoms with Gasteiger partial charge in [-0.1, -0.05) is 6.42 Å². The van der Waals surface area contributed by atoms with Gasteiger partial charge < -0.3 is 5.32 Å². The molecule has 1 aromatic rings. The number of aromatic nitrogens is 2. The quantitative estimate of drug-likeness (QED) is 0.924. The largest absolute Gasteiger partial charge is 0.312 e. The van der Waals surface area contributed by atoms with Crippen LogP contribution < -0.4 is 5.32 Å². The molecule has 3 heteroatoms. The van der Waals surface area contributed by atoms with Gasteiger partial charge in [-0.25, -0.2) is 9.97 Å². The SMILES string of the molecule is Cc1nc(C2CCC2)nc2c1CC(CNC(C)(C)C)CC2. The van der Waals surface area contributed by atoms with Crippen LogP contribution in [0.25, 0.3) is 0 Å². The fourth-order valence-corrected chi connectivity index (χ4v) is 3.36. The fraction of sp³-hybridized carbons (Fsp3) is 0.778. The number of aryl methyl sites for hydroxylation is 2. The molecule has 1 atom stereocenters. The van der Waals surface area contributed by atoms with Crippen LogP contribution in [-0.2, 0) is 12.8 Å². The first-order valence-electron chi connectivity index (χ1n) is 8.54. The van der Waals surface area contributed by atoms with Crippen LogP contribution in [0, 0.1) is 12.8 Å². The number of hydrogen-bond donors (Lipinski definition) is 1. The van der Waals surface area contributed by atoms with Gasteiger partial charge in [0.25, 0.3) is 0 Å². The Bertz CT molecular complexity index is 512. The topological polar surface area (TPSA) is 37.8 Å². The van der Waals surface area contributed by atoms with Gasteiger partial charge in [0.05, 0.1) is 0 Å². The molecule has 1 heterocycles. The average Bonchev–Trinajstić information content (AvgIpc) is 2.34. The molecule has 0 bridgehead atoms. The summed E-state index contributed by atoms with van der Waals surface area (Å²) in [4.78, 5) is 9.73. The summed E-state index contributed by atoms with van der Waals surface area (Å²) in [6, 6.07) is 0. The summed E-state index contributed by atoms with van der Waals surface area (Å²) in [5, 5.41) is 3.65. The van der Waals surface area contributed by atoms with Crippen LogP contribution in [0.2, 0.25) is 0 Å². The predicted octanol–water partition coefficient (Wildman–Crippen LogP) is 3.55. The van der Waals surface area contributed by atoms with E-state index in [1.165, 1.54) is 42.6 Å². The lowest BCUT2D eigenvalue weighted by Gasteiger charge is -2.30. The maximum absolute atomic E-state index is 4.91. The molecule has 2 aliphatic rings. The van der Waals surface area contributed by atoms with E-state index in [-0.39, 0.29) is 5.54 Å². The number of hydrogen-bond acceptors (Lipinski definition) is 3. The molecule has 1 aromatic heterocycles. The zero-order valence-corrected chi connectivity index (χ0v) is 14.0. The summed E-state index contributed by atoms with van der Waals surface area (Å²) in [5.41, 5.74) is 4.23. The van der Waals surface area contributed by atoms with Crippen LogP contribution in [0.4, 0.5) is 0 Å². The van der Waals surface area contributed by atoms with Crippen molar-refractivity contribution in [2.75, 3.05) is 6.54 Å². The van der Waals surface area contributed by atoms with Gasteiger partial charge in [0.1, 0.15) is 5.82 Å². The number of nitrogens with zero attached hydrogens (tertiary/aromatic N) is 2. The molecule has 0 radical (unpaired) electrons. The summed E-state index contributed by atoms with van der Waals surface area (Å²) >= 11 is 0. The van der Waals surface area contributed by atoms with Crippen molar-refractivity contribution in [1.29, 1.82) is 0 Å². The first-order valence-corrected chi connectivity index (χ1v) is 8.54. The highest BCUT2D eigenvalue weighted by Gasteiger charge is 2.27. The Morgan fingerprint density at radius 2 is 1.90 bits per heavy atom. The smallest absolute Gasteiger partial charge is 0.131 e. The second kappa shape index (κ2) is 5.68. The molecule has 0 aromatic carbocycles.